The Bertz CT molecular complexity index is 468. The van der Waals surface area contributed by atoms with E-state index in [1.807, 2.05) is 22.7 Å². The van der Waals surface area contributed by atoms with E-state index in [0.717, 1.165) is 23.2 Å². The van der Waals surface area contributed by atoms with Gasteiger partial charge in [0.2, 0.25) is 0 Å². The summed E-state index contributed by atoms with van der Waals surface area (Å²) in [4.78, 5) is 5.19. The summed E-state index contributed by atoms with van der Waals surface area (Å²) in [5.74, 6) is 0.502. The van der Waals surface area contributed by atoms with Gasteiger partial charge in [0.15, 0.2) is 16.2 Å². The largest absolute Gasteiger partial charge is 0.265 e. The van der Waals surface area contributed by atoms with Gasteiger partial charge in [-0.05, 0) is 29.9 Å². The molecule has 1 aromatic carbocycles. The highest BCUT2D eigenvalue weighted by Gasteiger charge is 2.22. The summed E-state index contributed by atoms with van der Waals surface area (Å²) in [6.07, 6.45) is 1.97. The highest BCUT2D eigenvalue weighted by atomic mass is 32.2. The molecule has 18 heavy (non-hydrogen) atoms. The number of amidine groups is 1. The van der Waals surface area contributed by atoms with E-state index in [0.29, 0.717) is 5.92 Å². The second-order valence-electron chi connectivity index (χ2n) is 4.44. The Balaban J connectivity index is 2.16. The smallest absolute Gasteiger partial charge is 0.171 e. The van der Waals surface area contributed by atoms with Crippen molar-refractivity contribution < 1.29 is 4.21 Å². The normalized spacial score (nSPS) is 17.1. The number of thioether (sulfide) groups is 1. The molecule has 0 aromatic heterocycles. The molecule has 0 fully saturated rings. The van der Waals surface area contributed by atoms with Crippen LogP contribution in [0.5, 0.6) is 0 Å². The first-order valence-electron chi connectivity index (χ1n) is 6.01. The van der Waals surface area contributed by atoms with Crippen LogP contribution in [0.25, 0.3) is 0 Å². The lowest BCUT2D eigenvalue weighted by molar-refractivity contribution is 0.626. The van der Waals surface area contributed by atoms with Crippen LogP contribution in [-0.4, -0.2) is 33.0 Å². The molecule has 0 saturated heterocycles. The molecule has 2 rings (SSSR count). The first kappa shape index (κ1) is 13.6. The van der Waals surface area contributed by atoms with Gasteiger partial charge in [-0.3, -0.25) is 9.30 Å². The zero-order chi connectivity index (χ0) is 13.1. The lowest BCUT2D eigenvalue weighted by Crippen LogP contribution is -2.27. The van der Waals surface area contributed by atoms with Gasteiger partial charge in [0.1, 0.15) is 0 Å². The third kappa shape index (κ3) is 2.78. The molecule has 0 N–H and O–H groups in total. The summed E-state index contributed by atoms with van der Waals surface area (Å²) < 4.78 is 14.3. The topological polar surface area (TPSA) is 32.7 Å². The highest BCUT2D eigenvalue weighted by Crippen LogP contribution is 2.21. The Hall–Kier alpha value is -0.810. The molecule has 1 atom stereocenters. The molecule has 0 spiro atoms. The van der Waals surface area contributed by atoms with Gasteiger partial charge in [0.25, 0.3) is 0 Å². The van der Waals surface area contributed by atoms with E-state index >= 15 is 0 Å². The van der Waals surface area contributed by atoms with E-state index < -0.39 is 11.0 Å². The van der Waals surface area contributed by atoms with Gasteiger partial charge in [-0.25, -0.2) is 4.21 Å². The van der Waals surface area contributed by atoms with Gasteiger partial charge in [0, 0.05) is 0 Å². The summed E-state index contributed by atoms with van der Waals surface area (Å²) >= 11 is 1.55. The maximum atomic E-state index is 12.4. The van der Waals surface area contributed by atoms with Crippen LogP contribution in [0.15, 0.2) is 34.2 Å². The third-order valence-corrected chi connectivity index (χ3v) is 5.16. The summed E-state index contributed by atoms with van der Waals surface area (Å²) in [7, 11) is -1.13. The van der Waals surface area contributed by atoms with Crippen molar-refractivity contribution in [3.63, 3.8) is 0 Å². The van der Waals surface area contributed by atoms with Crippen molar-refractivity contribution in [3.05, 3.63) is 29.8 Å². The average Bonchev–Trinajstić information content (AvgIpc) is 2.86. The van der Waals surface area contributed by atoms with Crippen LogP contribution in [0.4, 0.5) is 0 Å². The Kier molecular flexibility index (Phi) is 4.45. The SMILES string of the molecule is CSC1=NCCN1S(=O)c1ccc(C(C)C)cc1. The van der Waals surface area contributed by atoms with Crippen LogP contribution in [-0.2, 0) is 11.0 Å². The number of hydrogen-bond donors (Lipinski definition) is 0. The molecule has 0 radical (unpaired) electrons. The molecule has 98 valence electrons. The van der Waals surface area contributed by atoms with Crippen LogP contribution in [0.1, 0.15) is 25.3 Å². The Labute approximate surface area is 115 Å². The fraction of sp³-hybridized carbons (Fsp3) is 0.462. The van der Waals surface area contributed by atoms with E-state index in [9.17, 15) is 4.21 Å². The zero-order valence-corrected chi connectivity index (χ0v) is 12.6. The minimum atomic E-state index is -1.13. The number of hydrogen-bond acceptors (Lipinski definition) is 3. The van der Waals surface area contributed by atoms with Crippen LogP contribution in [0, 0.1) is 0 Å². The molecular formula is C13H18N2OS2. The molecule has 3 nitrogen and oxygen atoms in total. The molecule has 5 heteroatoms. The summed E-state index contributed by atoms with van der Waals surface area (Å²) in [6.45, 7) is 5.80. The second-order valence-corrected chi connectivity index (χ2v) is 6.63. The van der Waals surface area contributed by atoms with Crippen molar-refractivity contribution in [1.29, 1.82) is 0 Å². The number of aliphatic imine (C=N–C) groups is 1. The Morgan fingerprint density at radius 2 is 2.00 bits per heavy atom. The van der Waals surface area contributed by atoms with Gasteiger partial charge >= 0.3 is 0 Å². The van der Waals surface area contributed by atoms with Gasteiger partial charge in [0.05, 0.1) is 18.0 Å². The molecule has 1 aliphatic rings. The number of nitrogens with zero attached hydrogens (tertiary/aromatic N) is 2. The van der Waals surface area contributed by atoms with Gasteiger partial charge in [-0.1, -0.05) is 37.7 Å². The lowest BCUT2D eigenvalue weighted by atomic mass is 10.0. The fourth-order valence-electron chi connectivity index (χ4n) is 1.83. The molecule has 1 heterocycles. The van der Waals surface area contributed by atoms with E-state index in [1.54, 1.807) is 11.8 Å². The minimum absolute atomic E-state index is 0.502. The molecule has 1 aromatic rings. The molecule has 0 aliphatic carbocycles. The third-order valence-electron chi connectivity index (χ3n) is 2.89. The van der Waals surface area contributed by atoms with E-state index in [2.05, 4.69) is 31.0 Å². The minimum Gasteiger partial charge on any atom is -0.265 e. The number of benzene rings is 1. The summed E-state index contributed by atoms with van der Waals surface area (Å²) in [5.41, 5.74) is 1.27. The van der Waals surface area contributed by atoms with Crippen molar-refractivity contribution in [2.75, 3.05) is 19.3 Å². The Morgan fingerprint density at radius 3 is 2.56 bits per heavy atom. The predicted molar refractivity (Wildman–Crippen MR) is 79.5 cm³/mol. The van der Waals surface area contributed by atoms with Crippen molar-refractivity contribution in [1.82, 2.24) is 4.31 Å². The molecule has 0 saturated carbocycles. The second kappa shape index (κ2) is 5.89. The quantitative estimate of drug-likeness (QED) is 0.854. The average molecular weight is 282 g/mol. The molecule has 1 aliphatic heterocycles. The standard InChI is InChI=1S/C13H18N2OS2/c1-10(2)11-4-6-12(7-5-11)18(16)15-9-8-14-13(15)17-3/h4-7,10H,8-9H2,1-3H3. The van der Waals surface area contributed by atoms with E-state index in [-0.39, 0.29) is 0 Å². The monoisotopic (exact) mass is 282 g/mol. The molecule has 0 amide bonds. The van der Waals surface area contributed by atoms with Crippen LogP contribution in [0.3, 0.4) is 0 Å². The lowest BCUT2D eigenvalue weighted by Gasteiger charge is -2.17. The van der Waals surface area contributed by atoms with Crippen molar-refractivity contribution in [3.8, 4) is 0 Å². The van der Waals surface area contributed by atoms with Crippen LogP contribution in [0.2, 0.25) is 0 Å². The summed E-state index contributed by atoms with van der Waals surface area (Å²) in [5, 5.41) is 0.876. The first-order chi connectivity index (χ1) is 8.63. The van der Waals surface area contributed by atoms with Gasteiger partial charge < -0.3 is 0 Å². The van der Waals surface area contributed by atoms with Crippen LogP contribution < -0.4 is 0 Å². The molecule has 0 bridgehead atoms. The zero-order valence-electron chi connectivity index (χ0n) is 10.9. The highest BCUT2D eigenvalue weighted by molar-refractivity contribution is 8.14. The first-order valence-corrected chi connectivity index (χ1v) is 8.34. The summed E-state index contributed by atoms with van der Waals surface area (Å²) in [6, 6.07) is 8.04. The maximum Gasteiger partial charge on any atom is 0.171 e. The predicted octanol–water partition coefficient (Wildman–Crippen LogP) is 2.87. The Morgan fingerprint density at radius 1 is 1.33 bits per heavy atom. The van der Waals surface area contributed by atoms with Crippen molar-refractivity contribution in [2.24, 2.45) is 4.99 Å². The van der Waals surface area contributed by atoms with Crippen molar-refractivity contribution >= 4 is 27.9 Å². The fourth-order valence-corrected chi connectivity index (χ4v) is 3.84. The van der Waals surface area contributed by atoms with E-state index in [1.165, 1.54) is 5.56 Å². The molecular weight excluding hydrogens is 264 g/mol. The van der Waals surface area contributed by atoms with Gasteiger partial charge in [-0.15, -0.1) is 0 Å². The molecule has 1 unspecified atom stereocenters. The van der Waals surface area contributed by atoms with E-state index in [4.69, 9.17) is 0 Å². The number of rotatable bonds is 3. The van der Waals surface area contributed by atoms with Crippen molar-refractivity contribution in [2.45, 2.75) is 24.7 Å². The maximum absolute atomic E-state index is 12.4. The van der Waals surface area contributed by atoms with Crippen LogP contribution >= 0.6 is 11.8 Å². The van der Waals surface area contributed by atoms with Gasteiger partial charge in [-0.2, -0.15) is 0 Å².